The molecule has 2 aromatic rings. The topological polar surface area (TPSA) is 53.6 Å². The summed E-state index contributed by atoms with van der Waals surface area (Å²) in [5.41, 5.74) is 3.02. The van der Waals surface area contributed by atoms with Gasteiger partial charge in [0.15, 0.2) is 0 Å². The van der Waals surface area contributed by atoms with Crippen molar-refractivity contribution in [2.24, 2.45) is 0 Å². The number of hydrogen-bond donors (Lipinski definition) is 2. The molecule has 128 valence electrons. The minimum atomic E-state index is -0.207. The van der Waals surface area contributed by atoms with Gasteiger partial charge in [0, 0.05) is 32.0 Å². The van der Waals surface area contributed by atoms with Gasteiger partial charge in [-0.15, -0.1) is 0 Å². The minimum absolute atomic E-state index is 0.207. The van der Waals surface area contributed by atoms with Gasteiger partial charge < -0.3 is 20.3 Å². The zero-order valence-corrected chi connectivity index (χ0v) is 14.5. The van der Waals surface area contributed by atoms with Crippen LogP contribution in [0.2, 0.25) is 0 Å². The molecule has 5 heteroatoms. The van der Waals surface area contributed by atoms with Crippen LogP contribution in [0.25, 0.3) is 0 Å². The van der Waals surface area contributed by atoms with E-state index in [4.69, 9.17) is 4.74 Å². The van der Waals surface area contributed by atoms with Gasteiger partial charge in [0.1, 0.15) is 5.75 Å². The molecule has 0 saturated heterocycles. The van der Waals surface area contributed by atoms with Gasteiger partial charge in [0.05, 0.1) is 6.61 Å². The van der Waals surface area contributed by atoms with Crippen molar-refractivity contribution in [1.82, 2.24) is 5.32 Å². The van der Waals surface area contributed by atoms with Crippen LogP contribution in [0, 0.1) is 6.92 Å². The van der Waals surface area contributed by atoms with Crippen molar-refractivity contribution in [3.8, 4) is 5.75 Å². The lowest BCUT2D eigenvalue weighted by Crippen LogP contribution is -2.30. The number of carbonyl (C=O) groups is 1. The van der Waals surface area contributed by atoms with Crippen molar-refractivity contribution in [2.75, 3.05) is 37.5 Å². The van der Waals surface area contributed by atoms with E-state index in [0.29, 0.717) is 13.2 Å². The predicted molar refractivity (Wildman–Crippen MR) is 99.1 cm³/mol. The minimum Gasteiger partial charge on any atom is -0.494 e. The fourth-order valence-corrected chi connectivity index (χ4v) is 2.14. The quantitative estimate of drug-likeness (QED) is 0.763. The summed E-state index contributed by atoms with van der Waals surface area (Å²) in [6.07, 6.45) is 0.749. The van der Waals surface area contributed by atoms with Gasteiger partial charge in [-0.3, -0.25) is 0 Å². The number of anilines is 2. The first-order valence-corrected chi connectivity index (χ1v) is 8.06. The smallest absolute Gasteiger partial charge is 0.319 e. The lowest BCUT2D eigenvalue weighted by molar-refractivity contribution is 0.250. The standard InChI is InChI=1S/C19H25N3O2/c1-15-8-10-18(11-9-15)24-13-5-12-20-19(23)21-16-6-4-7-17(14-16)22(2)3/h4,6-11,14H,5,12-13H2,1-3H3,(H2,20,21,23). The molecule has 0 aliphatic heterocycles. The highest BCUT2D eigenvalue weighted by atomic mass is 16.5. The molecule has 0 atom stereocenters. The normalized spacial score (nSPS) is 10.1. The number of nitrogens with zero attached hydrogens (tertiary/aromatic N) is 1. The number of carbonyl (C=O) groups excluding carboxylic acids is 1. The first-order valence-electron chi connectivity index (χ1n) is 8.06. The number of aryl methyl sites for hydroxylation is 1. The Morgan fingerprint density at radius 2 is 1.88 bits per heavy atom. The van der Waals surface area contributed by atoms with Gasteiger partial charge >= 0.3 is 6.03 Å². The largest absolute Gasteiger partial charge is 0.494 e. The van der Waals surface area contributed by atoms with Crippen LogP contribution in [-0.4, -0.2) is 33.3 Å². The fourth-order valence-electron chi connectivity index (χ4n) is 2.14. The van der Waals surface area contributed by atoms with E-state index in [1.165, 1.54) is 5.56 Å². The van der Waals surface area contributed by atoms with Crippen molar-refractivity contribution < 1.29 is 9.53 Å². The number of rotatable bonds is 7. The lowest BCUT2D eigenvalue weighted by atomic mass is 10.2. The monoisotopic (exact) mass is 327 g/mol. The van der Waals surface area contributed by atoms with Crippen molar-refractivity contribution >= 4 is 17.4 Å². The molecule has 0 unspecified atom stereocenters. The molecular formula is C19H25N3O2. The Hall–Kier alpha value is -2.69. The van der Waals surface area contributed by atoms with E-state index in [0.717, 1.165) is 23.5 Å². The maximum atomic E-state index is 11.9. The average molecular weight is 327 g/mol. The average Bonchev–Trinajstić information content (AvgIpc) is 2.56. The van der Waals surface area contributed by atoms with Crippen molar-refractivity contribution in [3.05, 3.63) is 54.1 Å². The van der Waals surface area contributed by atoms with Crippen LogP contribution >= 0.6 is 0 Å². The highest BCUT2D eigenvalue weighted by molar-refractivity contribution is 5.89. The molecule has 5 nitrogen and oxygen atoms in total. The van der Waals surface area contributed by atoms with Gasteiger partial charge in [0.2, 0.25) is 0 Å². The van der Waals surface area contributed by atoms with E-state index in [9.17, 15) is 4.79 Å². The van der Waals surface area contributed by atoms with Crippen LogP contribution in [0.4, 0.5) is 16.2 Å². The summed E-state index contributed by atoms with van der Waals surface area (Å²) in [6, 6.07) is 15.4. The molecular weight excluding hydrogens is 302 g/mol. The zero-order chi connectivity index (χ0) is 17.4. The summed E-state index contributed by atoms with van der Waals surface area (Å²) in [4.78, 5) is 13.9. The molecule has 0 bridgehead atoms. The van der Waals surface area contributed by atoms with Crippen molar-refractivity contribution in [3.63, 3.8) is 0 Å². The first-order chi connectivity index (χ1) is 11.5. The molecule has 2 amide bonds. The molecule has 0 aromatic heterocycles. The van der Waals surface area contributed by atoms with Gasteiger partial charge in [-0.1, -0.05) is 23.8 Å². The van der Waals surface area contributed by atoms with Crippen LogP contribution in [0.3, 0.4) is 0 Å². The molecule has 0 saturated carbocycles. The number of urea groups is 1. The number of benzene rings is 2. The number of nitrogens with one attached hydrogen (secondary N) is 2. The predicted octanol–water partition coefficient (Wildman–Crippen LogP) is 3.65. The molecule has 24 heavy (non-hydrogen) atoms. The van der Waals surface area contributed by atoms with Gasteiger partial charge in [0.25, 0.3) is 0 Å². The molecule has 0 aliphatic rings. The van der Waals surface area contributed by atoms with Gasteiger partial charge in [-0.05, 0) is 43.7 Å². The number of hydrogen-bond acceptors (Lipinski definition) is 3. The highest BCUT2D eigenvalue weighted by Gasteiger charge is 2.03. The Labute approximate surface area is 143 Å². The second kappa shape index (κ2) is 8.82. The van der Waals surface area contributed by atoms with Crippen LogP contribution in [0.1, 0.15) is 12.0 Å². The second-order valence-electron chi connectivity index (χ2n) is 5.84. The SMILES string of the molecule is Cc1ccc(OCCCNC(=O)Nc2cccc(N(C)C)c2)cc1. The van der Waals surface area contributed by atoms with E-state index in [1.54, 1.807) is 0 Å². The molecule has 0 fully saturated rings. The molecule has 2 aromatic carbocycles. The lowest BCUT2D eigenvalue weighted by Gasteiger charge is -2.14. The Balaban J connectivity index is 1.66. The Morgan fingerprint density at radius 3 is 2.58 bits per heavy atom. The maximum absolute atomic E-state index is 11.9. The second-order valence-corrected chi connectivity index (χ2v) is 5.84. The van der Waals surface area contributed by atoms with Crippen LogP contribution in [-0.2, 0) is 0 Å². The molecule has 2 rings (SSSR count). The highest BCUT2D eigenvalue weighted by Crippen LogP contribution is 2.17. The van der Waals surface area contributed by atoms with Crippen LogP contribution in [0.5, 0.6) is 5.75 Å². The Morgan fingerprint density at radius 1 is 1.12 bits per heavy atom. The summed E-state index contributed by atoms with van der Waals surface area (Å²) >= 11 is 0. The van der Waals surface area contributed by atoms with Crippen LogP contribution in [0.15, 0.2) is 48.5 Å². The summed E-state index contributed by atoms with van der Waals surface area (Å²) in [5.74, 6) is 0.852. The van der Waals surface area contributed by atoms with E-state index >= 15 is 0 Å². The van der Waals surface area contributed by atoms with Crippen LogP contribution < -0.4 is 20.3 Å². The Bertz CT molecular complexity index is 654. The fraction of sp³-hybridized carbons (Fsp3) is 0.316. The van der Waals surface area contributed by atoms with E-state index in [1.807, 2.05) is 74.4 Å². The summed E-state index contributed by atoms with van der Waals surface area (Å²) in [7, 11) is 3.93. The Kier molecular flexibility index (Phi) is 6.49. The molecule has 0 aliphatic carbocycles. The van der Waals surface area contributed by atoms with E-state index in [-0.39, 0.29) is 6.03 Å². The summed E-state index contributed by atoms with van der Waals surface area (Å²) in [6.45, 7) is 3.17. The third-order valence-electron chi connectivity index (χ3n) is 3.52. The first kappa shape index (κ1) is 17.7. The summed E-state index contributed by atoms with van der Waals surface area (Å²) < 4.78 is 5.63. The molecule has 0 spiro atoms. The molecule has 0 heterocycles. The molecule has 0 radical (unpaired) electrons. The zero-order valence-electron chi connectivity index (χ0n) is 14.5. The third kappa shape index (κ3) is 5.83. The summed E-state index contributed by atoms with van der Waals surface area (Å²) in [5, 5.41) is 5.67. The van der Waals surface area contributed by atoms with E-state index < -0.39 is 0 Å². The van der Waals surface area contributed by atoms with Crippen molar-refractivity contribution in [2.45, 2.75) is 13.3 Å². The van der Waals surface area contributed by atoms with Gasteiger partial charge in [-0.2, -0.15) is 0 Å². The number of ether oxygens (including phenoxy) is 1. The molecule has 2 N–H and O–H groups in total. The van der Waals surface area contributed by atoms with Crippen molar-refractivity contribution in [1.29, 1.82) is 0 Å². The number of amides is 2. The van der Waals surface area contributed by atoms with Gasteiger partial charge in [-0.25, -0.2) is 4.79 Å². The third-order valence-corrected chi connectivity index (χ3v) is 3.52. The van der Waals surface area contributed by atoms with E-state index in [2.05, 4.69) is 10.6 Å². The maximum Gasteiger partial charge on any atom is 0.319 e.